The fourth-order valence-electron chi connectivity index (χ4n) is 2.49. The summed E-state index contributed by atoms with van der Waals surface area (Å²) in [6, 6.07) is 3.95. The summed E-state index contributed by atoms with van der Waals surface area (Å²) in [5.74, 6) is 1.04. The van der Waals surface area contributed by atoms with E-state index in [-0.39, 0.29) is 0 Å². The average molecular weight is 246 g/mol. The minimum Gasteiger partial charge on any atom is -0.463 e. The Morgan fingerprint density at radius 3 is 2.94 bits per heavy atom. The molecule has 96 valence electrons. The SMILES string of the molecule is Cc1cc(C#N)nc(OCC2CCCC2CN)n1. The largest absolute Gasteiger partial charge is 0.463 e. The van der Waals surface area contributed by atoms with Gasteiger partial charge < -0.3 is 10.5 Å². The van der Waals surface area contributed by atoms with Crippen LogP contribution in [0.5, 0.6) is 6.01 Å². The van der Waals surface area contributed by atoms with Gasteiger partial charge in [-0.15, -0.1) is 0 Å². The van der Waals surface area contributed by atoms with Gasteiger partial charge in [0.2, 0.25) is 0 Å². The summed E-state index contributed by atoms with van der Waals surface area (Å²) in [4.78, 5) is 8.22. The first-order valence-electron chi connectivity index (χ1n) is 6.31. The predicted molar refractivity (Wildman–Crippen MR) is 66.9 cm³/mol. The number of nitrogens with zero attached hydrogens (tertiary/aromatic N) is 3. The van der Waals surface area contributed by atoms with Gasteiger partial charge in [0.15, 0.2) is 0 Å². The maximum Gasteiger partial charge on any atom is 0.317 e. The molecule has 1 aromatic rings. The maximum atomic E-state index is 8.83. The van der Waals surface area contributed by atoms with Gasteiger partial charge in [-0.05, 0) is 44.2 Å². The number of ether oxygens (including phenoxy) is 1. The van der Waals surface area contributed by atoms with Gasteiger partial charge in [0.1, 0.15) is 11.8 Å². The third-order valence-electron chi connectivity index (χ3n) is 3.49. The molecule has 1 heterocycles. The first-order valence-corrected chi connectivity index (χ1v) is 6.31. The van der Waals surface area contributed by atoms with E-state index in [1.165, 1.54) is 12.8 Å². The molecule has 0 radical (unpaired) electrons. The number of aromatic nitrogens is 2. The van der Waals surface area contributed by atoms with Crippen LogP contribution in [0.4, 0.5) is 0 Å². The monoisotopic (exact) mass is 246 g/mol. The molecule has 0 aliphatic heterocycles. The fourth-order valence-corrected chi connectivity index (χ4v) is 2.49. The summed E-state index contributed by atoms with van der Waals surface area (Å²) in [5.41, 5.74) is 6.83. The van der Waals surface area contributed by atoms with Gasteiger partial charge in [0, 0.05) is 5.69 Å². The number of aryl methyl sites for hydroxylation is 1. The Labute approximate surface area is 107 Å². The van der Waals surface area contributed by atoms with Crippen molar-refractivity contribution in [2.24, 2.45) is 17.6 Å². The Bertz CT molecular complexity index is 455. The highest BCUT2D eigenvalue weighted by atomic mass is 16.5. The van der Waals surface area contributed by atoms with Crippen molar-refractivity contribution in [2.45, 2.75) is 26.2 Å². The van der Waals surface area contributed by atoms with E-state index >= 15 is 0 Å². The molecule has 1 aromatic heterocycles. The van der Waals surface area contributed by atoms with Gasteiger partial charge >= 0.3 is 6.01 Å². The van der Waals surface area contributed by atoms with Gasteiger partial charge in [-0.25, -0.2) is 4.98 Å². The minimum atomic E-state index is 0.300. The van der Waals surface area contributed by atoms with Crippen molar-refractivity contribution in [3.8, 4) is 12.1 Å². The molecule has 0 amide bonds. The van der Waals surface area contributed by atoms with E-state index in [2.05, 4.69) is 9.97 Å². The minimum absolute atomic E-state index is 0.300. The lowest BCUT2D eigenvalue weighted by molar-refractivity contribution is 0.202. The molecule has 2 atom stereocenters. The molecule has 18 heavy (non-hydrogen) atoms. The fraction of sp³-hybridized carbons (Fsp3) is 0.615. The number of nitrogens with two attached hydrogens (primary N) is 1. The van der Waals surface area contributed by atoms with Crippen LogP contribution in [0.3, 0.4) is 0 Å². The summed E-state index contributed by atoms with van der Waals surface area (Å²) in [5, 5.41) is 8.83. The summed E-state index contributed by atoms with van der Waals surface area (Å²) in [6.07, 6.45) is 3.55. The van der Waals surface area contributed by atoms with Crippen molar-refractivity contribution in [1.29, 1.82) is 5.26 Å². The lowest BCUT2D eigenvalue weighted by Gasteiger charge is -2.17. The molecule has 0 bridgehead atoms. The molecule has 1 aliphatic carbocycles. The summed E-state index contributed by atoms with van der Waals surface area (Å²) in [6.45, 7) is 3.13. The van der Waals surface area contributed by atoms with Gasteiger partial charge in [0.25, 0.3) is 0 Å². The summed E-state index contributed by atoms with van der Waals surface area (Å²) >= 11 is 0. The van der Waals surface area contributed by atoms with Crippen LogP contribution in [0, 0.1) is 30.1 Å². The van der Waals surface area contributed by atoms with Crippen LogP contribution in [0.1, 0.15) is 30.7 Å². The van der Waals surface area contributed by atoms with Crippen molar-refractivity contribution in [1.82, 2.24) is 9.97 Å². The van der Waals surface area contributed by atoms with E-state index < -0.39 is 0 Å². The van der Waals surface area contributed by atoms with Gasteiger partial charge in [0.05, 0.1) is 6.61 Å². The zero-order valence-corrected chi connectivity index (χ0v) is 10.6. The van der Waals surface area contributed by atoms with Crippen molar-refractivity contribution in [3.63, 3.8) is 0 Å². The lowest BCUT2D eigenvalue weighted by atomic mass is 9.97. The van der Waals surface area contributed by atoms with Crippen LogP contribution >= 0.6 is 0 Å². The molecular weight excluding hydrogens is 228 g/mol. The van der Waals surface area contributed by atoms with Gasteiger partial charge in [-0.2, -0.15) is 10.2 Å². The number of rotatable bonds is 4. The predicted octanol–water partition coefficient (Wildman–Crippen LogP) is 1.41. The first-order chi connectivity index (χ1) is 8.72. The van der Waals surface area contributed by atoms with E-state index in [1.807, 2.05) is 13.0 Å². The topological polar surface area (TPSA) is 84.8 Å². The van der Waals surface area contributed by atoms with Crippen LogP contribution in [0.2, 0.25) is 0 Å². The Morgan fingerprint density at radius 2 is 2.22 bits per heavy atom. The quantitative estimate of drug-likeness (QED) is 0.868. The molecular formula is C13H18N4O. The third-order valence-corrected chi connectivity index (χ3v) is 3.49. The molecule has 2 unspecified atom stereocenters. The second-order valence-corrected chi connectivity index (χ2v) is 4.79. The Kier molecular flexibility index (Phi) is 4.11. The van der Waals surface area contributed by atoms with Crippen molar-refractivity contribution in [3.05, 3.63) is 17.5 Å². The van der Waals surface area contributed by atoms with Gasteiger partial charge in [-0.3, -0.25) is 0 Å². The van der Waals surface area contributed by atoms with Crippen LogP contribution < -0.4 is 10.5 Å². The number of hydrogen-bond acceptors (Lipinski definition) is 5. The summed E-state index contributed by atoms with van der Waals surface area (Å²) in [7, 11) is 0. The molecule has 0 spiro atoms. The zero-order chi connectivity index (χ0) is 13.0. The van der Waals surface area contributed by atoms with Crippen LogP contribution in [0.25, 0.3) is 0 Å². The van der Waals surface area contributed by atoms with E-state index in [0.29, 0.717) is 36.7 Å². The average Bonchev–Trinajstić information content (AvgIpc) is 2.83. The molecule has 2 rings (SSSR count). The van der Waals surface area contributed by atoms with Crippen LogP contribution in [0.15, 0.2) is 6.07 Å². The molecule has 2 N–H and O–H groups in total. The standard InChI is InChI=1S/C13H18N4O/c1-9-5-12(7-15)17-13(16-9)18-8-11-4-2-3-10(11)6-14/h5,10-11H,2-4,6,8,14H2,1H3. The number of nitriles is 1. The Balaban J connectivity index is 1.98. The van der Waals surface area contributed by atoms with Crippen LogP contribution in [-0.2, 0) is 0 Å². The highest BCUT2D eigenvalue weighted by molar-refractivity contribution is 5.23. The third kappa shape index (κ3) is 2.96. The van der Waals surface area contributed by atoms with Crippen molar-refractivity contribution < 1.29 is 4.74 Å². The van der Waals surface area contributed by atoms with Crippen molar-refractivity contribution in [2.75, 3.05) is 13.2 Å². The first kappa shape index (κ1) is 12.8. The van der Waals surface area contributed by atoms with E-state index in [9.17, 15) is 0 Å². The Hall–Kier alpha value is -1.67. The molecule has 0 saturated heterocycles. The molecule has 1 saturated carbocycles. The second-order valence-electron chi connectivity index (χ2n) is 4.79. The highest BCUT2D eigenvalue weighted by Gasteiger charge is 2.26. The maximum absolute atomic E-state index is 8.83. The molecule has 0 aromatic carbocycles. The Morgan fingerprint density at radius 1 is 1.44 bits per heavy atom. The molecule has 1 fully saturated rings. The van der Waals surface area contributed by atoms with Gasteiger partial charge in [-0.1, -0.05) is 6.42 Å². The zero-order valence-electron chi connectivity index (χ0n) is 10.6. The van der Waals surface area contributed by atoms with E-state index in [0.717, 1.165) is 12.1 Å². The highest BCUT2D eigenvalue weighted by Crippen LogP contribution is 2.31. The van der Waals surface area contributed by atoms with E-state index in [1.54, 1.807) is 6.07 Å². The van der Waals surface area contributed by atoms with Crippen molar-refractivity contribution >= 4 is 0 Å². The van der Waals surface area contributed by atoms with E-state index in [4.69, 9.17) is 15.7 Å². The van der Waals surface area contributed by atoms with Crippen LogP contribution in [-0.4, -0.2) is 23.1 Å². The normalized spacial score (nSPS) is 22.7. The number of hydrogen-bond donors (Lipinski definition) is 1. The lowest BCUT2D eigenvalue weighted by Crippen LogP contribution is -2.23. The molecule has 5 heteroatoms. The molecule has 1 aliphatic rings. The summed E-state index contributed by atoms with van der Waals surface area (Å²) < 4.78 is 5.62. The second kappa shape index (κ2) is 5.78. The molecule has 5 nitrogen and oxygen atoms in total. The smallest absolute Gasteiger partial charge is 0.317 e.